The third-order valence-corrected chi connectivity index (χ3v) is 2.07. The summed E-state index contributed by atoms with van der Waals surface area (Å²) in [5, 5.41) is 14.3. The summed E-state index contributed by atoms with van der Waals surface area (Å²) in [5.74, 6) is -1.65. The Morgan fingerprint density at radius 1 is 1.50 bits per heavy atom. The zero-order chi connectivity index (χ0) is 12.5. The van der Waals surface area contributed by atoms with Gasteiger partial charge in [0.05, 0.1) is 0 Å². The van der Waals surface area contributed by atoms with E-state index < -0.39 is 17.5 Å². The van der Waals surface area contributed by atoms with Crippen molar-refractivity contribution in [1.29, 1.82) is 10.8 Å². The minimum atomic E-state index is -4.82. The second-order valence-corrected chi connectivity index (χ2v) is 3.08. The fourth-order valence-corrected chi connectivity index (χ4v) is 1.12. The SMILES string of the molecule is Cc1c(C=O)ccn(C(=N)C(F)(F)F)c1=N. The minimum Gasteiger partial charge on any atom is -0.298 e. The Morgan fingerprint density at radius 2 is 2.06 bits per heavy atom. The molecule has 0 aliphatic carbocycles. The molecule has 0 unspecified atom stereocenters. The first-order valence-electron chi connectivity index (χ1n) is 4.17. The molecule has 0 spiro atoms. The molecule has 0 aliphatic heterocycles. The van der Waals surface area contributed by atoms with E-state index in [0.29, 0.717) is 10.9 Å². The van der Waals surface area contributed by atoms with E-state index in [0.717, 1.165) is 12.3 Å². The van der Waals surface area contributed by atoms with E-state index in [1.807, 2.05) is 0 Å². The molecule has 0 aliphatic rings. The van der Waals surface area contributed by atoms with Gasteiger partial charge in [0, 0.05) is 17.3 Å². The van der Waals surface area contributed by atoms with Crippen molar-refractivity contribution in [2.75, 3.05) is 0 Å². The fourth-order valence-electron chi connectivity index (χ4n) is 1.12. The number of aldehydes is 1. The second kappa shape index (κ2) is 3.92. The zero-order valence-corrected chi connectivity index (χ0v) is 8.22. The predicted molar refractivity (Wildman–Crippen MR) is 49.6 cm³/mol. The third kappa shape index (κ3) is 2.02. The van der Waals surface area contributed by atoms with Gasteiger partial charge in [-0.2, -0.15) is 13.2 Å². The van der Waals surface area contributed by atoms with E-state index in [-0.39, 0.29) is 11.1 Å². The molecule has 2 N–H and O–H groups in total. The van der Waals surface area contributed by atoms with Crippen molar-refractivity contribution in [3.8, 4) is 0 Å². The van der Waals surface area contributed by atoms with Crippen LogP contribution in [0.15, 0.2) is 12.3 Å². The average molecular weight is 231 g/mol. The quantitative estimate of drug-likeness (QED) is 0.429. The summed E-state index contributed by atoms with van der Waals surface area (Å²) in [7, 11) is 0. The Kier molecular flexibility index (Phi) is 2.97. The number of hydrogen-bond acceptors (Lipinski definition) is 3. The lowest BCUT2D eigenvalue weighted by molar-refractivity contribution is -0.0626. The van der Waals surface area contributed by atoms with Gasteiger partial charge in [0.25, 0.3) is 0 Å². The van der Waals surface area contributed by atoms with E-state index in [2.05, 4.69) is 0 Å². The molecular formula is C9H8F3N3O. The first-order valence-corrected chi connectivity index (χ1v) is 4.17. The van der Waals surface area contributed by atoms with Gasteiger partial charge in [-0.05, 0) is 13.0 Å². The molecule has 16 heavy (non-hydrogen) atoms. The lowest BCUT2D eigenvalue weighted by Gasteiger charge is -2.13. The number of carbonyl (C=O) groups is 1. The summed E-state index contributed by atoms with van der Waals surface area (Å²) in [6.45, 7) is 1.35. The molecule has 86 valence electrons. The highest BCUT2D eigenvalue weighted by atomic mass is 19.4. The van der Waals surface area contributed by atoms with Crippen LogP contribution in [-0.2, 0) is 0 Å². The summed E-state index contributed by atoms with van der Waals surface area (Å²) < 4.78 is 37.1. The van der Waals surface area contributed by atoms with Crippen LogP contribution in [-0.4, -0.2) is 22.9 Å². The predicted octanol–water partition coefficient (Wildman–Crippen LogP) is 1.48. The van der Waals surface area contributed by atoms with Crippen LogP contribution < -0.4 is 5.49 Å². The summed E-state index contributed by atoms with van der Waals surface area (Å²) in [5.41, 5.74) is -0.283. The first-order chi connectivity index (χ1) is 7.29. The summed E-state index contributed by atoms with van der Waals surface area (Å²) in [4.78, 5) is 10.5. The van der Waals surface area contributed by atoms with Crippen LogP contribution in [0.2, 0.25) is 0 Å². The monoisotopic (exact) mass is 231 g/mol. The molecule has 1 aromatic rings. The van der Waals surface area contributed by atoms with Crippen molar-refractivity contribution in [2.24, 2.45) is 0 Å². The standard InChI is InChI=1S/C9H8F3N3O/c1-5-6(4-16)2-3-15(7(5)13)8(14)9(10,11)12/h2-4,13-14H,1H3. The van der Waals surface area contributed by atoms with E-state index in [1.54, 1.807) is 0 Å². The number of nitrogens with zero attached hydrogens (tertiary/aromatic N) is 1. The van der Waals surface area contributed by atoms with Crippen molar-refractivity contribution < 1.29 is 18.0 Å². The van der Waals surface area contributed by atoms with Crippen LogP contribution in [0.25, 0.3) is 0 Å². The van der Waals surface area contributed by atoms with Gasteiger partial charge in [-0.1, -0.05) is 0 Å². The molecule has 0 saturated carbocycles. The van der Waals surface area contributed by atoms with Gasteiger partial charge in [-0.25, -0.2) is 0 Å². The number of halogens is 3. The lowest BCUT2D eigenvalue weighted by atomic mass is 10.2. The second-order valence-electron chi connectivity index (χ2n) is 3.08. The largest absolute Gasteiger partial charge is 0.449 e. The highest BCUT2D eigenvalue weighted by molar-refractivity contribution is 5.87. The first kappa shape index (κ1) is 12.2. The fraction of sp³-hybridized carbons (Fsp3) is 0.222. The number of nitrogens with one attached hydrogen (secondary N) is 2. The maximum absolute atomic E-state index is 12.2. The van der Waals surface area contributed by atoms with Crippen LogP contribution in [0.5, 0.6) is 0 Å². The molecule has 0 bridgehead atoms. The normalized spacial score (nSPS) is 11.2. The number of rotatable bonds is 1. The Balaban J connectivity index is 3.40. The Labute approximate surface area is 88.3 Å². The molecule has 0 saturated heterocycles. The highest BCUT2D eigenvalue weighted by Gasteiger charge is 2.36. The minimum absolute atomic E-state index is 0.103. The average Bonchev–Trinajstić information content (AvgIpc) is 2.20. The van der Waals surface area contributed by atoms with E-state index >= 15 is 0 Å². The number of carbonyl (C=O) groups excluding carboxylic acids is 1. The van der Waals surface area contributed by atoms with Gasteiger partial charge < -0.3 is 0 Å². The Hall–Kier alpha value is -1.92. The van der Waals surface area contributed by atoms with Crippen molar-refractivity contribution in [1.82, 2.24) is 4.57 Å². The molecule has 1 heterocycles. The summed E-state index contributed by atoms with van der Waals surface area (Å²) in [6.07, 6.45) is -3.49. The lowest BCUT2D eigenvalue weighted by Crippen LogP contribution is -2.37. The molecule has 1 aromatic heterocycles. The highest BCUT2D eigenvalue weighted by Crippen LogP contribution is 2.16. The summed E-state index contributed by atoms with van der Waals surface area (Å²) in [6, 6.07) is 1.14. The molecule has 0 amide bonds. The van der Waals surface area contributed by atoms with Gasteiger partial charge in [0.1, 0.15) is 5.49 Å². The Bertz CT molecular complexity index is 502. The van der Waals surface area contributed by atoms with Gasteiger partial charge in [0.2, 0.25) is 5.84 Å². The number of alkyl halides is 3. The van der Waals surface area contributed by atoms with Gasteiger partial charge in [0.15, 0.2) is 6.29 Å². The molecule has 4 nitrogen and oxygen atoms in total. The molecule has 0 atom stereocenters. The van der Waals surface area contributed by atoms with Crippen molar-refractivity contribution >= 4 is 12.1 Å². The molecule has 7 heteroatoms. The van der Waals surface area contributed by atoms with Crippen molar-refractivity contribution in [2.45, 2.75) is 13.1 Å². The van der Waals surface area contributed by atoms with Gasteiger partial charge in [-0.3, -0.25) is 20.2 Å². The summed E-state index contributed by atoms with van der Waals surface area (Å²) >= 11 is 0. The van der Waals surface area contributed by atoms with Gasteiger partial charge >= 0.3 is 6.18 Å². The van der Waals surface area contributed by atoms with E-state index in [4.69, 9.17) is 10.8 Å². The van der Waals surface area contributed by atoms with Crippen LogP contribution in [0.3, 0.4) is 0 Å². The van der Waals surface area contributed by atoms with Gasteiger partial charge in [-0.15, -0.1) is 0 Å². The maximum atomic E-state index is 12.2. The van der Waals surface area contributed by atoms with Crippen molar-refractivity contribution in [3.63, 3.8) is 0 Å². The third-order valence-electron chi connectivity index (χ3n) is 2.07. The topological polar surface area (TPSA) is 69.7 Å². The zero-order valence-electron chi connectivity index (χ0n) is 8.22. The number of aromatic nitrogens is 1. The smallest absolute Gasteiger partial charge is 0.298 e. The van der Waals surface area contributed by atoms with Crippen LogP contribution >= 0.6 is 0 Å². The maximum Gasteiger partial charge on any atom is 0.449 e. The van der Waals surface area contributed by atoms with Crippen LogP contribution in [0.4, 0.5) is 13.2 Å². The van der Waals surface area contributed by atoms with E-state index in [9.17, 15) is 18.0 Å². The molecule has 0 fully saturated rings. The van der Waals surface area contributed by atoms with Crippen LogP contribution in [0, 0.1) is 17.7 Å². The molecule has 0 radical (unpaired) electrons. The number of pyridine rings is 1. The van der Waals surface area contributed by atoms with Crippen LogP contribution in [0.1, 0.15) is 15.9 Å². The molecule has 0 aromatic carbocycles. The van der Waals surface area contributed by atoms with Crippen molar-refractivity contribution in [3.05, 3.63) is 28.9 Å². The number of hydrogen-bond donors (Lipinski definition) is 2. The van der Waals surface area contributed by atoms with E-state index in [1.165, 1.54) is 6.92 Å². The molecule has 1 rings (SSSR count). The Morgan fingerprint density at radius 3 is 2.50 bits per heavy atom. The molecular weight excluding hydrogens is 223 g/mol.